The molecule has 10 rings (SSSR count). The highest BCUT2D eigenvalue weighted by atomic mass is 15.0. The van der Waals surface area contributed by atoms with Gasteiger partial charge in [0, 0.05) is 51.3 Å². The van der Waals surface area contributed by atoms with Gasteiger partial charge in [-0.1, -0.05) is 152 Å². The van der Waals surface area contributed by atoms with Crippen LogP contribution in [-0.2, 0) is 0 Å². The number of pyridine rings is 3. The minimum absolute atomic E-state index is 0.610. The smallest absolute Gasteiger partial charge is 0.164 e. The monoisotopic (exact) mass is 768 g/mol. The molecule has 0 radical (unpaired) electrons. The molecule has 6 nitrogen and oxygen atoms in total. The fourth-order valence-electron chi connectivity index (χ4n) is 7.45. The molecule has 0 aliphatic heterocycles. The molecule has 0 spiro atoms. The van der Waals surface area contributed by atoms with Crippen molar-refractivity contribution in [2.75, 3.05) is 0 Å². The molecule has 0 aliphatic rings. The fourth-order valence-corrected chi connectivity index (χ4v) is 7.45. The van der Waals surface area contributed by atoms with Crippen LogP contribution in [0.15, 0.2) is 219 Å². The van der Waals surface area contributed by atoms with Crippen LogP contribution in [0, 0.1) is 0 Å². The number of nitrogens with zero attached hydrogens (tertiary/aromatic N) is 6. The third-order valence-electron chi connectivity index (χ3n) is 10.4. The zero-order valence-electron chi connectivity index (χ0n) is 32.5. The molecule has 0 aliphatic carbocycles. The first-order chi connectivity index (χ1) is 29.7. The van der Waals surface area contributed by atoms with E-state index < -0.39 is 0 Å². The number of hydrogen-bond acceptors (Lipinski definition) is 6. The Kier molecular flexibility index (Phi) is 9.84. The lowest BCUT2D eigenvalue weighted by molar-refractivity contribution is 1.07. The summed E-state index contributed by atoms with van der Waals surface area (Å²) in [6, 6.07) is 70.3. The number of aromatic nitrogens is 6. The van der Waals surface area contributed by atoms with E-state index in [1.54, 1.807) is 0 Å². The second-order valence-corrected chi connectivity index (χ2v) is 14.4. The summed E-state index contributed by atoms with van der Waals surface area (Å²) in [7, 11) is 0. The molecule has 0 unspecified atom stereocenters. The molecular weight excluding hydrogens is 733 g/mol. The van der Waals surface area contributed by atoms with Crippen molar-refractivity contribution >= 4 is 0 Å². The Hall–Kier alpha value is -8.22. The van der Waals surface area contributed by atoms with Crippen molar-refractivity contribution in [3.63, 3.8) is 0 Å². The van der Waals surface area contributed by atoms with Crippen molar-refractivity contribution in [2.24, 2.45) is 0 Å². The molecule has 0 atom stereocenters. The Morgan fingerprint density at radius 2 is 0.667 bits per heavy atom. The van der Waals surface area contributed by atoms with Crippen LogP contribution in [0.5, 0.6) is 0 Å². The number of hydrogen-bond donors (Lipinski definition) is 0. The normalized spacial score (nSPS) is 11.0. The quantitative estimate of drug-likeness (QED) is 0.145. The van der Waals surface area contributed by atoms with Gasteiger partial charge in [-0.25, -0.2) is 19.9 Å². The Labute approximate surface area is 348 Å². The summed E-state index contributed by atoms with van der Waals surface area (Å²) in [5, 5.41) is 0. The van der Waals surface area contributed by atoms with Crippen molar-refractivity contribution < 1.29 is 0 Å². The van der Waals surface area contributed by atoms with Gasteiger partial charge in [-0.3, -0.25) is 9.97 Å². The van der Waals surface area contributed by atoms with Crippen LogP contribution in [0.3, 0.4) is 0 Å². The lowest BCUT2D eigenvalue weighted by Crippen LogP contribution is -2.00. The summed E-state index contributed by atoms with van der Waals surface area (Å²) in [5.74, 6) is 1.87. The molecule has 0 saturated carbocycles. The Bertz CT molecular complexity index is 3010. The second kappa shape index (κ2) is 16.3. The molecule has 0 saturated heterocycles. The summed E-state index contributed by atoms with van der Waals surface area (Å²) >= 11 is 0. The first-order valence-electron chi connectivity index (χ1n) is 19.8. The average molecular weight is 769 g/mol. The van der Waals surface area contributed by atoms with Crippen molar-refractivity contribution in [3.05, 3.63) is 219 Å². The van der Waals surface area contributed by atoms with E-state index in [0.717, 1.165) is 84.0 Å². The Morgan fingerprint density at radius 1 is 0.217 bits per heavy atom. The minimum atomic E-state index is 0.610. The van der Waals surface area contributed by atoms with E-state index in [4.69, 9.17) is 24.9 Å². The van der Waals surface area contributed by atoms with Gasteiger partial charge < -0.3 is 0 Å². The Balaban J connectivity index is 1.09. The zero-order valence-corrected chi connectivity index (χ0v) is 32.5. The fraction of sp³-hybridized carbons (Fsp3) is 0. The van der Waals surface area contributed by atoms with Crippen molar-refractivity contribution in [1.82, 2.24) is 29.9 Å². The van der Waals surface area contributed by atoms with Crippen LogP contribution in [0.1, 0.15) is 0 Å². The van der Waals surface area contributed by atoms with E-state index in [1.165, 1.54) is 0 Å². The molecule has 6 aromatic carbocycles. The lowest BCUT2D eigenvalue weighted by atomic mass is 9.92. The summed E-state index contributed by atoms with van der Waals surface area (Å²) in [4.78, 5) is 29.6. The van der Waals surface area contributed by atoms with Crippen LogP contribution in [0.25, 0.3) is 101 Å². The van der Waals surface area contributed by atoms with E-state index in [2.05, 4.69) is 114 Å². The third kappa shape index (κ3) is 7.61. The van der Waals surface area contributed by atoms with Gasteiger partial charge in [0.2, 0.25) is 0 Å². The van der Waals surface area contributed by atoms with Crippen molar-refractivity contribution in [2.45, 2.75) is 0 Å². The standard InChI is InChI=1S/C54H36N6/c1-4-16-37(17-5-1)50-35-45(47-34-43(48-26-10-12-30-55-48)28-29-46(47)49-27-11-13-31-56-49)36-51(57-50)42-24-14-22-40(32-42)41-23-15-25-44(33-41)54-59-52(38-18-6-2-7-19-38)58-53(60-54)39-20-8-3-9-21-39/h1-36H. The molecule has 10 aromatic rings. The number of rotatable bonds is 9. The van der Waals surface area contributed by atoms with Gasteiger partial charge in [-0.2, -0.15) is 0 Å². The van der Waals surface area contributed by atoms with Crippen LogP contribution >= 0.6 is 0 Å². The minimum Gasteiger partial charge on any atom is -0.256 e. The Morgan fingerprint density at radius 3 is 1.25 bits per heavy atom. The van der Waals surface area contributed by atoms with Gasteiger partial charge in [-0.05, 0) is 76.9 Å². The predicted molar refractivity (Wildman–Crippen MR) is 242 cm³/mol. The topological polar surface area (TPSA) is 77.3 Å². The zero-order chi connectivity index (χ0) is 40.1. The summed E-state index contributed by atoms with van der Waals surface area (Å²) in [6.45, 7) is 0. The van der Waals surface area contributed by atoms with Crippen molar-refractivity contribution in [1.29, 1.82) is 0 Å². The number of benzene rings is 6. The van der Waals surface area contributed by atoms with Crippen LogP contribution in [0.2, 0.25) is 0 Å². The van der Waals surface area contributed by atoms with Crippen LogP contribution in [-0.4, -0.2) is 29.9 Å². The maximum absolute atomic E-state index is 5.30. The van der Waals surface area contributed by atoms with Gasteiger partial charge in [0.1, 0.15) is 0 Å². The third-order valence-corrected chi connectivity index (χ3v) is 10.4. The highest BCUT2D eigenvalue weighted by Crippen LogP contribution is 2.39. The maximum Gasteiger partial charge on any atom is 0.164 e. The van der Waals surface area contributed by atoms with Crippen LogP contribution in [0.4, 0.5) is 0 Å². The molecular formula is C54H36N6. The molecule has 0 fully saturated rings. The summed E-state index contributed by atoms with van der Waals surface area (Å²) in [5.41, 5.74) is 14.6. The molecule has 4 aromatic heterocycles. The lowest BCUT2D eigenvalue weighted by Gasteiger charge is -2.15. The van der Waals surface area contributed by atoms with Crippen molar-refractivity contribution in [3.8, 4) is 101 Å². The molecule has 6 heteroatoms. The molecule has 0 amide bonds. The predicted octanol–water partition coefficient (Wildman–Crippen LogP) is 13.1. The van der Waals surface area contributed by atoms with E-state index in [0.29, 0.717) is 17.5 Å². The highest BCUT2D eigenvalue weighted by molar-refractivity contribution is 5.89. The molecule has 0 N–H and O–H groups in total. The van der Waals surface area contributed by atoms with Gasteiger partial charge in [0.15, 0.2) is 17.5 Å². The van der Waals surface area contributed by atoms with E-state index in [9.17, 15) is 0 Å². The van der Waals surface area contributed by atoms with E-state index >= 15 is 0 Å². The molecule has 60 heavy (non-hydrogen) atoms. The van der Waals surface area contributed by atoms with Gasteiger partial charge in [0.25, 0.3) is 0 Å². The molecule has 282 valence electrons. The van der Waals surface area contributed by atoms with E-state index in [1.807, 2.05) is 109 Å². The largest absolute Gasteiger partial charge is 0.256 e. The first-order valence-corrected chi connectivity index (χ1v) is 19.8. The van der Waals surface area contributed by atoms with Gasteiger partial charge >= 0.3 is 0 Å². The first kappa shape index (κ1) is 36.1. The highest BCUT2D eigenvalue weighted by Gasteiger charge is 2.17. The maximum atomic E-state index is 5.30. The van der Waals surface area contributed by atoms with Gasteiger partial charge in [-0.15, -0.1) is 0 Å². The average Bonchev–Trinajstić information content (AvgIpc) is 3.35. The molecule has 4 heterocycles. The SMILES string of the molecule is c1ccc(-c2cc(-c3cc(-c4ccccn4)ccc3-c3ccccn3)cc(-c3cccc(-c4cccc(-c5nc(-c6ccccc6)nc(-c6ccccc6)n5)c4)c3)n2)cc1. The van der Waals surface area contributed by atoms with Gasteiger partial charge in [0.05, 0.1) is 22.8 Å². The summed E-state index contributed by atoms with van der Waals surface area (Å²) in [6.07, 6.45) is 3.67. The second-order valence-electron chi connectivity index (χ2n) is 14.4. The van der Waals surface area contributed by atoms with E-state index in [-0.39, 0.29) is 0 Å². The molecule has 0 bridgehead atoms. The van der Waals surface area contributed by atoms with Crippen LogP contribution < -0.4 is 0 Å². The summed E-state index contributed by atoms with van der Waals surface area (Å²) < 4.78 is 0.